The van der Waals surface area contributed by atoms with Crippen LogP contribution in [0.2, 0.25) is 5.02 Å². The van der Waals surface area contributed by atoms with Crippen molar-refractivity contribution >= 4 is 17.3 Å². The number of ether oxygens (including phenoxy) is 1. The van der Waals surface area contributed by atoms with Gasteiger partial charge < -0.3 is 15.2 Å². The number of hydrogen-bond acceptors (Lipinski definition) is 5. The van der Waals surface area contributed by atoms with E-state index in [9.17, 15) is 4.79 Å². The van der Waals surface area contributed by atoms with Gasteiger partial charge in [0.2, 0.25) is 0 Å². The average Bonchev–Trinajstić information content (AvgIpc) is 2.29. The summed E-state index contributed by atoms with van der Waals surface area (Å²) < 4.78 is 6.03. The average molecular weight is 248 g/mol. The Bertz CT molecular complexity index is 407. The first kappa shape index (κ1) is 13.0. The molecule has 0 radical (unpaired) electrons. The molecule has 1 aromatic rings. The SMILES string of the molecule is COCC(CO)Nc1cnn(C)c(=O)c1Cl. The Morgan fingerprint density at radius 3 is 3.00 bits per heavy atom. The van der Waals surface area contributed by atoms with Crippen molar-refractivity contribution in [3.63, 3.8) is 0 Å². The summed E-state index contributed by atoms with van der Waals surface area (Å²) in [5.41, 5.74) is 0.00152. The lowest BCUT2D eigenvalue weighted by Gasteiger charge is -2.17. The lowest BCUT2D eigenvalue weighted by atomic mass is 10.3. The smallest absolute Gasteiger partial charge is 0.287 e. The van der Waals surface area contributed by atoms with E-state index in [-0.39, 0.29) is 23.2 Å². The first-order valence-electron chi connectivity index (χ1n) is 4.68. The van der Waals surface area contributed by atoms with Crippen LogP contribution in [0.25, 0.3) is 0 Å². The zero-order chi connectivity index (χ0) is 12.1. The maximum absolute atomic E-state index is 11.5. The molecule has 2 N–H and O–H groups in total. The molecular weight excluding hydrogens is 234 g/mol. The Hall–Kier alpha value is -1.11. The van der Waals surface area contributed by atoms with Crippen LogP contribution < -0.4 is 10.9 Å². The van der Waals surface area contributed by atoms with Gasteiger partial charge in [0, 0.05) is 14.2 Å². The first-order valence-corrected chi connectivity index (χ1v) is 5.06. The molecule has 0 fully saturated rings. The van der Waals surface area contributed by atoms with Crippen molar-refractivity contribution in [2.24, 2.45) is 7.05 Å². The van der Waals surface area contributed by atoms with Crippen molar-refractivity contribution in [1.29, 1.82) is 0 Å². The summed E-state index contributed by atoms with van der Waals surface area (Å²) in [5, 5.41) is 15.8. The molecule has 1 aromatic heterocycles. The molecule has 0 aromatic carbocycles. The summed E-state index contributed by atoms with van der Waals surface area (Å²) in [6.07, 6.45) is 1.43. The van der Waals surface area contributed by atoms with E-state index in [0.29, 0.717) is 12.3 Å². The van der Waals surface area contributed by atoms with Crippen LogP contribution in [-0.4, -0.2) is 41.3 Å². The van der Waals surface area contributed by atoms with Gasteiger partial charge in [-0.05, 0) is 0 Å². The van der Waals surface area contributed by atoms with Gasteiger partial charge in [0.25, 0.3) is 5.56 Å². The van der Waals surface area contributed by atoms with Gasteiger partial charge in [-0.2, -0.15) is 5.10 Å². The Morgan fingerprint density at radius 2 is 2.44 bits per heavy atom. The third kappa shape index (κ3) is 2.94. The van der Waals surface area contributed by atoms with Gasteiger partial charge in [-0.15, -0.1) is 0 Å². The van der Waals surface area contributed by atoms with Crippen LogP contribution in [0.4, 0.5) is 5.69 Å². The summed E-state index contributed by atoms with van der Waals surface area (Å²) in [7, 11) is 3.03. The molecule has 0 saturated carbocycles. The second-order valence-electron chi connectivity index (χ2n) is 3.28. The lowest BCUT2D eigenvalue weighted by Crippen LogP contribution is -2.30. The van der Waals surface area contributed by atoms with Gasteiger partial charge in [-0.25, -0.2) is 4.68 Å². The number of aryl methyl sites for hydroxylation is 1. The molecule has 16 heavy (non-hydrogen) atoms. The monoisotopic (exact) mass is 247 g/mol. The topological polar surface area (TPSA) is 76.4 Å². The summed E-state index contributed by atoms with van der Waals surface area (Å²) in [6.45, 7) is 0.182. The van der Waals surface area contributed by atoms with E-state index in [2.05, 4.69) is 10.4 Å². The molecule has 0 amide bonds. The molecule has 1 unspecified atom stereocenters. The third-order valence-electron chi connectivity index (χ3n) is 2.03. The van der Waals surface area contributed by atoms with E-state index >= 15 is 0 Å². The van der Waals surface area contributed by atoms with E-state index in [0.717, 1.165) is 4.68 Å². The maximum atomic E-state index is 11.5. The number of aromatic nitrogens is 2. The van der Waals surface area contributed by atoms with E-state index < -0.39 is 0 Å². The predicted molar refractivity (Wildman–Crippen MR) is 60.9 cm³/mol. The summed E-state index contributed by atoms with van der Waals surface area (Å²) in [4.78, 5) is 11.5. The molecule has 7 heteroatoms. The minimum atomic E-state index is -0.388. The van der Waals surface area contributed by atoms with Crippen molar-refractivity contribution in [2.45, 2.75) is 6.04 Å². The van der Waals surface area contributed by atoms with Gasteiger partial charge in [0.05, 0.1) is 31.1 Å². The van der Waals surface area contributed by atoms with Crippen molar-refractivity contribution in [1.82, 2.24) is 9.78 Å². The Kier molecular flexibility index (Phi) is 4.72. The van der Waals surface area contributed by atoms with Crippen molar-refractivity contribution in [2.75, 3.05) is 25.6 Å². The van der Waals surface area contributed by atoms with Crippen molar-refractivity contribution < 1.29 is 9.84 Å². The molecule has 1 rings (SSSR count). The fourth-order valence-electron chi connectivity index (χ4n) is 1.17. The summed E-state index contributed by atoms with van der Waals surface area (Å²) >= 11 is 5.84. The molecule has 0 aliphatic heterocycles. The lowest BCUT2D eigenvalue weighted by molar-refractivity contribution is 0.153. The quantitative estimate of drug-likeness (QED) is 0.757. The summed E-state index contributed by atoms with van der Waals surface area (Å²) in [6, 6.07) is -0.323. The van der Waals surface area contributed by atoms with E-state index in [4.69, 9.17) is 21.4 Å². The van der Waals surface area contributed by atoms with Crippen LogP contribution in [0.15, 0.2) is 11.0 Å². The van der Waals surface area contributed by atoms with Gasteiger partial charge in [0.1, 0.15) is 5.02 Å². The molecule has 1 heterocycles. The number of halogens is 1. The minimum Gasteiger partial charge on any atom is -0.394 e. The van der Waals surface area contributed by atoms with Gasteiger partial charge in [-0.3, -0.25) is 4.79 Å². The Morgan fingerprint density at radius 1 is 1.75 bits per heavy atom. The third-order valence-corrected chi connectivity index (χ3v) is 2.39. The normalized spacial score (nSPS) is 12.5. The second-order valence-corrected chi connectivity index (χ2v) is 3.66. The fourth-order valence-corrected chi connectivity index (χ4v) is 1.40. The van der Waals surface area contributed by atoms with Gasteiger partial charge in [-0.1, -0.05) is 11.6 Å². The highest BCUT2D eigenvalue weighted by Crippen LogP contribution is 2.15. The molecule has 0 bridgehead atoms. The highest BCUT2D eigenvalue weighted by Gasteiger charge is 2.12. The zero-order valence-electron chi connectivity index (χ0n) is 9.11. The van der Waals surface area contributed by atoms with Crippen molar-refractivity contribution in [3.8, 4) is 0 Å². The fraction of sp³-hybridized carbons (Fsp3) is 0.556. The maximum Gasteiger partial charge on any atom is 0.287 e. The predicted octanol–water partition coefficient (Wildman–Crippen LogP) is -0.147. The molecule has 6 nitrogen and oxygen atoms in total. The molecular formula is C9H14ClN3O3. The number of methoxy groups -OCH3 is 1. The number of aliphatic hydroxyl groups is 1. The van der Waals surface area contributed by atoms with Crippen LogP contribution >= 0.6 is 11.6 Å². The number of rotatable bonds is 5. The highest BCUT2D eigenvalue weighted by molar-refractivity contribution is 6.32. The van der Waals surface area contributed by atoms with Crippen molar-refractivity contribution in [3.05, 3.63) is 21.6 Å². The van der Waals surface area contributed by atoms with Crippen LogP contribution in [0.5, 0.6) is 0 Å². The molecule has 0 spiro atoms. The van der Waals surface area contributed by atoms with E-state index in [1.54, 1.807) is 0 Å². The Labute approximate surface area is 97.8 Å². The molecule has 0 aliphatic rings. The van der Waals surface area contributed by atoms with Crippen LogP contribution in [-0.2, 0) is 11.8 Å². The Balaban J connectivity index is 2.89. The van der Waals surface area contributed by atoms with Crippen LogP contribution in [0.1, 0.15) is 0 Å². The second kappa shape index (κ2) is 5.83. The number of hydrogen-bond donors (Lipinski definition) is 2. The number of nitrogens with zero attached hydrogens (tertiary/aromatic N) is 2. The van der Waals surface area contributed by atoms with Crippen LogP contribution in [0.3, 0.4) is 0 Å². The molecule has 1 atom stereocenters. The highest BCUT2D eigenvalue weighted by atomic mass is 35.5. The van der Waals surface area contributed by atoms with Crippen LogP contribution in [0, 0.1) is 0 Å². The number of anilines is 1. The molecule has 0 saturated heterocycles. The van der Waals surface area contributed by atoms with Gasteiger partial charge >= 0.3 is 0 Å². The van der Waals surface area contributed by atoms with Gasteiger partial charge in [0.15, 0.2) is 0 Å². The minimum absolute atomic E-state index is 0.0482. The number of nitrogens with one attached hydrogen (secondary N) is 1. The molecule has 0 aliphatic carbocycles. The van der Waals surface area contributed by atoms with E-state index in [1.807, 2.05) is 0 Å². The number of aliphatic hydroxyl groups excluding tert-OH is 1. The summed E-state index contributed by atoms with van der Waals surface area (Å²) in [5.74, 6) is 0. The standard InChI is InChI=1S/C9H14ClN3O3/c1-13-9(15)8(10)7(3-11-13)12-6(4-14)5-16-2/h3,6,12,14H,4-5H2,1-2H3. The van der Waals surface area contributed by atoms with E-state index in [1.165, 1.54) is 20.4 Å². The molecule has 90 valence electrons. The largest absolute Gasteiger partial charge is 0.394 e. The zero-order valence-corrected chi connectivity index (χ0v) is 9.86. The first-order chi connectivity index (χ1) is 7.60.